The van der Waals surface area contributed by atoms with Gasteiger partial charge < -0.3 is 15.8 Å². The largest absolute Gasteiger partial charge is 0.494 e. The first kappa shape index (κ1) is 14.3. The number of benzene rings is 1. The Balaban J connectivity index is 1.67. The number of ether oxygens (including phenoxy) is 1. The van der Waals surface area contributed by atoms with E-state index in [0.29, 0.717) is 17.3 Å². The van der Waals surface area contributed by atoms with E-state index < -0.39 is 0 Å². The van der Waals surface area contributed by atoms with E-state index in [0.717, 1.165) is 24.4 Å². The highest BCUT2D eigenvalue weighted by Crippen LogP contribution is 2.09. The van der Waals surface area contributed by atoms with Crippen LogP contribution in [0.5, 0.6) is 5.75 Å². The third-order valence-corrected chi connectivity index (χ3v) is 2.89. The summed E-state index contributed by atoms with van der Waals surface area (Å²) in [6, 6.07) is 13.5. The van der Waals surface area contributed by atoms with Crippen molar-refractivity contribution in [2.24, 2.45) is 5.73 Å². The van der Waals surface area contributed by atoms with Crippen molar-refractivity contribution in [1.29, 1.82) is 0 Å². The van der Waals surface area contributed by atoms with Gasteiger partial charge in [-0.1, -0.05) is 30.4 Å². The van der Waals surface area contributed by atoms with Crippen molar-refractivity contribution < 1.29 is 4.74 Å². The first-order valence-electron chi connectivity index (χ1n) is 6.43. The average Bonchev–Trinajstić information content (AvgIpc) is 2.48. The summed E-state index contributed by atoms with van der Waals surface area (Å²) < 4.78 is 5.61. The highest BCUT2D eigenvalue weighted by atomic mass is 32.1. The monoisotopic (exact) mass is 287 g/mol. The van der Waals surface area contributed by atoms with E-state index in [4.69, 9.17) is 22.7 Å². The van der Waals surface area contributed by atoms with Crippen LogP contribution >= 0.6 is 12.2 Å². The molecule has 1 aromatic carbocycles. The Labute approximate surface area is 124 Å². The summed E-state index contributed by atoms with van der Waals surface area (Å²) in [5.74, 6) is 0.898. The Hall–Kier alpha value is -2.14. The first-order chi connectivity index (χ1) is 9.75. The first-order valence-corrected chi connectivity index (χ1v) is 6.84. The van der Waals surface area contributed by atoms with Gasteiger partial charge >= 0.3 is 0 Å². The smallest absolute Gasteiger partial charge is 0.122 e. The average molecular weight is 287 g/mol. The molecule has 1 aromatic heterocycles. The molecule has 0 saturated heterocycles. The van der Waals surface area contributed by atoms with Crippen LogP contribution in [0, 0.1) is 0 Å². The van der Waals surface area contributed by atoms with Crippen molar-refractivity contribution in [1.82, 2.24) is 4.98 Å². The lowest BCUT2D eigenvalue weighted by atomic mass is 10.3. The highest BCUT2D eigenvalue weighted by molar-refractivity contribution is 7.80. The Morgan fingerprint density at radius 2 is 2.00 bits per heavy atom. The number of nitrogens with one attached hydrogen (secondary N) is 1. The SMILES string of the molecule is NC(=S)c1ccc(NCCCOc2ccccc2)cn1. The molecule has 2 aromatic rings. The summed E-state index contributed by atoms with van der Waals surface area (Å²) in [5, 5.41) is 3.27. The van der Waals surface area contributed by atoms with Crippen molar-refractivity contribution in [2.45, 2.75) is 6.42 Å². The second-order valence-electron chi connectivity index (χ2n) is 4.24. The lowest BCUT2D eigenvalue weighted by Crippen LogP contribution is -2.12. The van der Waals surface area contributed by atoms with Gasteiger partial charge in [-0.3, -0.25) is 4.98 Å². The van der Waals surface area contributed by atoms with Crippen molar-refractivity contribution in [3.05, 3.63) is 54.4 Å². The summed E-state index contributed by atoms with van der Waals surface area (Å²) >= 11 is 4.85. The fourth-order valence-electron chi connectivity index (χ4n) is 1.66. The Bertz CT molecular complexity index is 543. The zero-order valence-electron chi connectivity index (χ0n) is 11.1. The Morgan fingerprint density at radius 1 is 1.20 bits per heavy atom. The van der Waals surface area contributed by atoms with Gasteiger partial charge in [-0.05, 0) is 30.7 Å². The Morgan fingerprint density at radius 3 is 2.65 bits per heavy atom. The molecule has 0 aliphatic rings. The molecular formula is C15H17N3OS. The number of hydrogen-bond donors (Lipinski definition) is 2. The Kier molecular flexibility index (Phi) is 5.32. The molecule has 20 heavy (non-hydrogen) atoms. The molecule has 0 aliphatic heterocycles. The van der Waals surface area contributed by atoms with Gasteiger partial charge in [-0.2, -0.15) is 0 Å². The van der Waals surface area contributed by atoms with E-state index in [-0.39, 0.29) is 0 Å². The summed E-state index contributed by atoms with van der Waals surface area (Å²) in [4.78, 5) is 4.48. The highest BCUT2D eigenvalue weighted by Gasteiger charge is 1.98. The third-order valence-electron chi connectivity index (χ3n) is 2.68. The van der Waals surface area contributed by atoms with Gasteiger partial charge in [0.2, 0.25) is 0 Å². The number of aromatic nitrogens is 1. The van der Waals surface area contributed by atoms with Crippen LogP contribution in [-0.4, -0.2) is 23.1 Å². The summed E-state index contributed by atoms with van der Waals surface area (Å²) in [7, 11) is 0. The molecule has 0 atom stereocenters. The fraction of sp³-hybridized carbons (Fsp3) is 0.200. The third kappa shape index (κ3) is 4.51. The number of nitrogens with two attached hydrogens (primary N) is 1. The molecule has 0 radical (unpaired) electrons. The number of hydrogen-bond acceptors (Lipinski definition) is 4. The molecule has 0 fully saturated rings. The van der Waals surface area contributed by atoms with Gasteiger partial charge in [0, 0.05) is 6.54 Å². The van der Waals surface area contributed by atoms with Crippen LogP contribution < -0.4 is 15.8 Å². The van der Waals surface area contributed by atoms with E-state index in [9.17, 15) is 0 Å². The standard InChI is InChI=1S/C15H17N3OS/c16-15(20)14-8-7-12(11-18-14)17-9-4-10-19-13-5-2-1-3-6-13/h1-3,5-8,11,17H,4,9-10H2,(H2,16,20). The number of anilines is 1. The van der Waals surface area contributed by atoms with Crippen LogP contribution in [0.15, 0.2) is 48.7 Å². The second kappa shape index (κ2) is 7.45. The van der Waals surface area contributed by atoms with E-state index in [2.05, 4.69) is 10.3 Å². The quantitative estimate of drug-likeness (QED) is 0.605. The predicted molar refractivity (Wildman–Crippen MR) is 85.2 cm³/mol. The lowest BCUT2D eigenvalue weighted by Gasteiger charge is -2.08. The molecule has 0 unspecified atom stereocenters. The normalized spacial score (nSPS) is 10.0. The van der Waals surface area contributed by atoms with Crippen molar-refractivity contribution >= 4 is 22.9 Å². The zero-order chi connectivity index (χ0) is 14.2. The van der Waals surface area contributed by atoms with E-state index >= 15 is 0 Å². The minimum atomic E-state index is 0.313. The molecule has 2 rings (SSSR count). The molecule has 0 amide bonds. The van der Waals surface area contributed by atoms with Crippen molar-refractivity contribution in [2.75, 3.05) is 18.5 Å². The minimum absolute atomic E-state index is 0.313. The van der Waals surface area contributed by atoms with Gasteiger partial charge in [0.15, 0.2) is 0 Å². The molecule has 0 aliphatic carbocycles. The number of thiocarbonyl (C=S) groups is 1. The van der Waals surface area contributed by atoms with Gasteiger partial charge in [0.1, 0.15) is 10.7 Å². The van der Waals surface area contributed by atoms with Gasteiger partial charge in [0.25, 0.3) is 0 Å². The summed E-state index contributed by atoms with van der Waals surface area (Å²) in [5.41, 5.74) is 7.08. The van der Waals surface area contributed by atoms with Crippen LogP contribution in [0.4, 0.5) is 5.69 Å². The van der Waals surface area contributed by atoms with E-state index in [1.54, 1.807) is 6.20 Å². The number of para-hydroxylation sites is 1. The van der Waals surface area contributed by atoms with Crippen LogP contribution in [0.2, 0.25) is 0 Å². The van der Waals surface area contributed by atoms with Gasteiger partial charge in [-0.15, -0.1) is 0 Å². The van der Waals surface area contributed by atoms with Gasteiger partial charge in [-0.25, -0.2) is 0 Å². The summed E-state index contributed by atoms with van der Waals surface area (Å²) in [6.07, 6.45) is 2.64. The molecule has 3 N–H and O–H groups in total. The van der Waals surface area contributed by atoms with Crippen molar-refractivity contribution in [3.63, 3.8) is 0 Å². The molecule has 4 nitrogen and oxygen atoms in total. The number of pyridine rings is 1. The molecule has 0 bridgehead atoms. The lowest BCUT2D eigenvalue weighted by molar-refractivity contribution is 0.315. The van der Waals surface area contributed by atoms with E-state index in [1.165, 1.54) is 0 Å². The molecule has 5 heteroatoms. The van der Waals surface area contributed by atoms with Crippen LogP contribution in [0.25, 0.3) is 0 Å². The topological polar surface area (TPSA) is 60.2 Å². The maximum atomic E-state index is 5.61. The molecule has 0 spiro atoms. The zero-order valence-corrected chi connectivity index (χ0v) is 11.9. The minimum Gasteiger partial charge on any atom is -0.494 e. The molecule has 0 saturated carbocycles. The maximum Gasteiger partial charge on any atom is 0.122 e. The van der Waals surface area contributed by atoms with Crippen LogP contribution in [0.3, 0.4) is 0 Å². The number of rotatable bonds is 7. The predicted octanol–water partition coefficient (Wildman–Crippen LogP) is 2.60. The molecule has 1 heterocycles. The molecular weight excluding hydrogens is 270 g/mol. The summed E-state index contributed by atoms with van der Waals surface area (Å²) in [6.45, 7) is 1.50. The van der Waals surface area contributed by atoms with Crippen LogP contribution in [-0.2, 0) is 0 Å². The number of nitrogens with zero attached hydrogens (tertiary/aromatic N) is 1. The second-order valence-corrected chi connectivity index (χ2v) is 4.68. The van der Waals surface area contributed by atoms with Crippen LogP contribution in [0.1, 0.15) is 12.1 Å². The molecule has 104 valence electrons. The fourth-order valence-corrected chi connectivity index (χ4v) is 1.78. The van der Waals surface area contributed by atoms with Crippen molar-refractivity contribution in [3.8, 4) is 5.75 Å². The van der Waals surface area contributed by atoms with E-state index in [1.807, 2.05) is 42.5 Å². The maximum absolute atomic E-state index is 5.61. The van der Waals surface area contributed by atoms with Gasteiger partial charge in [0.05, 0.1) is 24.2 Å².